The molecule has 0 bridgehead atoms. The summed E-state index contributed by atoms with van der Waals surface area (Å²) in [5.74, 6) is 1.26. The van der Waals surface area contributed by atoms with Gasteiger partial charge in [-0.2, -0.15) is 0 Å². The van der Waals surface area contributed by atoms with Crippen molar-refractivity contribution in [3.05, 3.63) is 30.1 Å². The van der Waals surface area contributed by atoms with Crippen LogP contribution in [-0.2, 0) is 13.0 Å². The molecule has 3 rings (SSSR count). The highest BCUT2D eigenvalue weighted by atomic mass is 15.1. The molecule has 0 aliphatic heterocycles. The summed E-state index contributed by atoms with van der Waals surface area (Å²) in [6, 6.07) is 9.34. The van der Waals surface area contributed by atoms with Crippen molar-refractivity contribution in [1.82, 2.24) is 14.9 Å². The zero-order valence-corrected chi connectivity index (χ0v) is 12.4. The average molecular weight is 271 g/mol. The molecule has 0 spiro atoms. The van der Waals surface area contributed by atoms with Gasteiger partial charge in [0.2, 0.25) is 0 Å². The van der Waals surface area contributed by atoms with E-state index in [2.05, 4.69) is 41.1 Å². The van der Waals surface area contributed by atoms with Gasteiger partial charge in [-0.1, -0.05) is 19.1 Å². The summed E-state index contributed by atoms with van der Waals surface area (Å²) < 4.78 is 2.41. The molecule has 2 aromatic rings. The van der Waals surface area contributed by atoms with Crippen molar-refractivity contribution < 1.29 is 0 Å². The Kier molecular flexibility index (Phi) is 4.36. The number of fused-ring (bicyclic) bond motifs is 1. The summed E-state index contributed by atoms with van der Waals surface area (Å²) in [5, 5.41) is 3.58. The number of aromatic nitrogens is 2. The first-order valence-electron chi connectivity index (χ1n) is 8.06. The van der Waals surface area contributed by atoms with Gasteiger partial charge < -0.3 is 9.88 Å². The number of para-hydroxylation sites is 2. The first-order chi connectivity index (χ1) is 9.88. The van der Waals surface area contributed by atoms with Crippen LogP contribution < -0.4 is 5.32 Å². The number of hydrogen-bond acceptors (Lipinski definition) is 2. The molecule has 0 atom stereocenters. The lowest BCUT2D eigenvalue weighted by atomic mass is 10.2. The number of nitrogens with one attached hydrogen (secondary N) is 1. The molecule has 108 valence electrons. The number of imidazole rings is 1. The molecule has 1 heterocycles. The normalized spacial score (nSPS) is 15.1. The fourth-order valence-electron chi connectivity index (χ4n) is 2.79. The summed E-state index contributed by atoms with van der Waals surface area (Å²) >= 11 is 0. The van der Waals surface area contributed by atoms with Crippen LogP contribution in [-0.4, -0.2) is 22.1 Å². The Morgan fingerprint density at radius 1 is 1.25 bits per heavy atom. The van der Waals surface area contributed by atoms with E-state index in [9.17, 15) is 0 Å². The Labute approximate surface area is 121 Å². The molecule has 0 unspecified atom stereocenters. The van der Waals surface area contributed by atoms with Gasteiger partial charge in [-0.25, -0.2) is 4.98 Å². The lowest BCUT2D eigenvalue weighted by Crippen LogP contribution is -2.17. The van der Waals surface area contributed by atoms with Crippen molar-refractivity contribution in [1.29, 1.82) is 0 Å². The zero-order chi connectivity index (χ0) is 13.8. The van der Waals surface area contributed by atoms with Gasteiger partial charge in [-0.05, 0) is 50.8 Å². The van der Waals surface area contributed by atoms with Crippen molar-refractivity contribution >= 4 is 11.0 Å². The van der Waals surface area contributed by atoms with Crippen LogP contribution in [0.2, 0.25) is 0 Å². The van der Waals surface area contributed by atoms with Crippen LogP contribution in [0.25, 0.3) is 11.0 Å². The Balaban J connectivity index is 1.61. The van der Waals surface area contributed by atoms with Gasteiger partial charge in [0.1, 0.15) is 5.82 Å². The van der Waals surface area contributed by atoms with Crippen LogP contribution in [0.3, 0.4) is 0 Å². The molecule has 0 saturated heterocycles. The first kappa shape index (κ1) is 13.6. The highest BCUT2D eigenvalue weighted by molar-refractivity contribution is 5.75. The maximum absolute atomic E-state index is 4.82. The third-order valence-corrected chi connectivity index (χ3v) is 4.02. The molecule has 1 aromatic carbocycles. The maximum Gasteiger partial charge on any atom is 0.109 e. The van der Waals surface area contributed by atoms with Gasteiger partial charge in [-0.3, -0.25) is 0 Å². The van der Waals surface area contributed by atoms with E-state index in [-0.39, 0.29) is 0 Å². The quantitative estimate of drug-likeness (QED) is 0.744. The first-order valence-corrected chi connectivity index (χ1v) is 8.06. The summed E-state index contributed by atoms with van der Waals surface area (Å²) in [5.41, 5.74) is 2.44. The minimum atomic E-state index is 0.833. The summed E-state index contributed by atoms with van der Waals surface area (Å²) in [6.07, 6.45) is 7.51. The lowest BCUT2D eigenvalue weighted by molar-refractivity contribution is 0.591. The molecule has 1 fully saturated rings. The predicted octanol–water partition coefficient (Wildman–Crippen LogP) is 3.52. The fourth-order valence-corrected chi connectivity index (χ4v) is 2.79. The van der Waals surface area contributed by atoms with E-state index < -0.39 is 0 Å². The molecule has 1 saturated carbocycles. The molecule has 1 aromatic heterocycles. The fraction of sp³-hybridized carbons (Fsp3) is 0.588. The predicted molar refractivity (Wildman–Crippen MR) is 84.0 cm³/mol. The molecule has 3 heteroatoms. The van der Waals surface area contributed by atoms with Crippen molar-refractivity contribution in [3.8, 4) is 0 Å². The van der Waals surface area contributed by atoms with Crippen LogP contribution in [0, 0.1) is 0 Å². The Morgan fingerprint density at radius 2 is 2.10 bits per heavy atom. The Hall–Kier alpha value is -1.35. The van der Waals surface area contributed by atoms with Gasteiger partial charge in [0.05, 0.1) is 11.0 Å². The van der Waals surface area contributed by atoms with Crippen LogP contribution >= 0.6 is 0 Å². The third kappa shape index (κ3) is 3.21. The topological polar surface area (TPSA) is 29.9 Å². The number of aryl methyl sites for hydroxylation is 2. The Morgan fingerprint density at radius 3 is 2.90 bits per heavy atom. The molecule has 1 N–H and O–H groups in total. The van der Waals surface area contributed by atoms with Crippen LogP contribution in [0.1, 0.15) is 44.9 Å². The zero-order valence-electron chi connectivity index (χ0n) is 12.4. The van der Waals surface area contributed by atoms with Crippen molar-refractivity contribution in [3.63, 3.8) is 0 Å². The van der Waals surface area contributed by atoms with E-state index in [0.717, 1.165) is 30.9 Å². The minimum absolute atomic E-state index is 0.833. The smallest absolute Gasteiger partial charge is 0.109 e. The van der Waals surface area contributed by atoms with Crippen molar-refractivity contribution in [2.24, 2.45) is 0 Å². The van der Waals surface area contributed by atoms with Crippen LogP contribution in [0.15, 0.2) is 24.3 Å². The molecule has 20 heavy (non-hydrogen) atoms. The minimum Gasteiger partial charge on any atom is -0.328 e. The number of rotatable bonds is 8. The highest BCUT2D eigenvalue weighted by Gasteiger charge is 2.19. The second kappa shape index (κ2) is 6.40. The van der Waals surface area contributed by atoms with E-state index in [4.69, 9.17) is 4.98 Å². The molecule has 3 nitrogen and oxygen atoms in total. The number of nitrogens with zero attached hydrogens (tertiary/aromatic N) is 2. The van der Waals surface area contributed by atoms with E-state index in [1.54, 1.807) is 0 Å². The molecular formula is C17H25N3. The largest absolute Gasteiger partial charge is 0.328 e. The average Bonchev–Trinajstić information content (AvgIpc) is 3.22. The second-order valence-electron chi connectivity index (χ2n) is 5.85. The van der Waals surface area contributed by atoms with Crippen molar-refractivity contribution in [2.75, 3.05) is 6.54 Å². The number of unbranched alkanes of at least 4 members (excludes halogenated alkanes) is 1. The molecule has 0 amide bonds. The summed E-state index contributed by atoms with van der Waals surface area (Å²) in [4.78, 5) is 4.82. The van der Waals surface area contributed by atoms with Gasteiger partial charge in [0, 0.05) is 19.0 Å². The van der Waals surface area contributed by atoms with E-state index in [1.807, 2.05) is 0 Å². The monoisotopic (exact) mass is 271 g/mol. The van der Waals surface area contributed by atoms with Gasteiger partial charge in [0.15, 0.2) is 0 Å². The van der Waals surface area contributed by atoms with E-state index in [1.165, 1.54) is 43.6 Å². The Bertz CT molecular complexity index is 554. The third-order valence-electron chi connectivity index (χ3n) is 4.02. The molecule has 1 aliphatic rings. The van der Waals surface area contributed by atoms with E-state index >= 15 is 0 Å². The summed E-state index contributed by atoms with van der Waals surface area (Å²) in [6.45, 7) is 4.48. The van der Waals surface area contributed by atoms with Gasteiger partial charge in [-0.15, -0.1) is 0 Å². The highest BCUT2D eigenvalue weighted by Crippen LogP contribution is 2.19. The van der Waals surface area contributed by atoms with Crippen LogP contribution in [0.5, 0.6) is 0 Å². The lowest BCUT2D eigenvalue weighted by Gasteiger charge is -2.08. The molecule has 0 radical (unpaired) electrons. The van der Waals surface area contributed by atoms with E-state index in [0.29, 0.717) is 0 Å². The number of benzene rings is 1. The summed E-state index contributed by atoms with van der Waals surface area (Å²) in [7, 11) is 0. The number of hydrogen-bond donors (Lipinski definition) is 1. The SMILES string of the molecule is CCCn1c(CCCCNC2CC2)nc2ccccc21. The molecule has 1 aliphatic carbocycles. The maximum atomic E-state index is 4.82. The molecular weight excluding hydrogens is 246 g/mol. The van der Waals surface area contributed by atoms with Gasteiger partial charge >= 0.3 is 0 Å². The van der Waals surface area contributed by atoms with Crippen molar-refractivity contribution in [2.45, 2.75) is 58.0 Å². The second-order valence-corrected chi connectivity index (χ2v) is 5.85. The standard InChI is InChI=1S/C17H25N3/c1-2-13-20-16-8-4-3-7-15(16)19-17(20)9-5-6-12-18-14-10-11-14/h3-4,7-8,14,18H,2,5-6,9-13H2,1H3. The van der Waals surface area contributed by atoms with Gasteiger partial charge in [0.25, 0.3) is 0 Å². The van der Waals surface area contributed by atoms with Crippen LogP contribution in [0.4, 0.5) is 0 Å².